The van der Waals surface area contributed by atoms with Crippen molar-refractivity contribution in [3.05, 3.63) is 119 Å². The van der Waals surface area contributed by atoms with Crippen molar-refractivity contribution in [1.82, 2.24) is 0 Å². The first-order valence-electron chi connectivity index (χ1n) is 10.5. The second kappa shape index (κ2) is 9.03. The van der Waals surface area contributed by atoms with Crippen molar-refractivity contribution in [2.45, 2.75) is 30.2 Å². The normalized spacial score (nSPS) is 19.2. The average molecular weight is 461 g/mol. The molecule has 3 aromatic carbocycles. The van der Waals surface area contributed by atoms with E-state index in [1.807, 2.05) is 67.6 Å². The molecule has 0 fully saturated rings. The third kappa shape index (κ3) is 4.73. The quantitative estimate of drug-likeness (QED) is 0.549. The SMILES string of the molecule is Cc1ccc(S(=O)(=O)[N-]/C=C\C(c2ccccc2)C2(C)[NH+]=C(c3ccccc3)OC2=O)cc1. The van der Waals surface area contributed by atoms with Gasteiger partial charge in [0.15, 0.2) is 0 Å². The summed E-state index contributed by atoms with van der Waals surface area (Å²) in [6.07, 6.45) is 2.86. The molecule has 1 aliphatic rings. The molecule has 3 aromatic rings. The molecule has 0 amide bonds. The second-order valence-electron chi connectivity index (χ2n) is 8.04. The van der Waals surface area contributed by atoms with Crippen LogP contribution in [0, 0.1) is 6.92 Å². The first-order chi connectivity index (χ1) is 15.8. The summed E-state index contributed by atoms with van der Waals surface area (Å²) in [4.78, 5) is 16.3. The number of aryl methyl sites for hydroxylation is 1. The number of ether oxygens (including phenoxy) is 1. The van der Waals surface area contributed by atoms with E-state index in [1.165, 1.54) is 18.3 Å². The van der Waals surface area contributed by atoms with Crippen molar-refractivity contribution in [1.29, 1.82) is 0 Å². The molecule has 2 atom stereocenters. The van der Waals surface area contributed by atoms with Crippen LogP contribution in [0.2, 0.25) is 0 Å². The van der Waals surface area contributed by atoms with Gasteiger partial charge in [-0.2, -0.15) is 11.2 Å². The maximum absolute atomic E-state index is 13.0. The molecule has 0 saturated heterocycles. The minimum absolute atomic E-state index is 0.110. The minimum Gasteiger partial charge on any atom is -0.579 e. The maximum Gasteiger partial charge on any atom is 0.388 e. The van der Waals surface area contributed by atoms with Crippen molar-refractivity contribution in [3.8, 4) is 0 Å². The first kappa shape index (κ1) is 22.5. The molecule has 7 heteroatoms. The summed E-state index contributed by atoms with van der Waals surface area (Å²) < 4.78 is 34.7. The Bertz CT molecular complexity index is 1300. The van der Waals surface area contributed by atoms with Crippen LogP contribution in [-0.2, 0) is 19.6 Å². The summed E-state index contributed by atoms with van der Waals surface area (Å²) in [5.74, 6) is -0.632. The van der Waals surface area contributed by atoms with Gasteiger partial charge in [0.25, 0.3) is 5.54 Å². The lowest BCUT2D eigenvalue weighted by atomic mass is 9.81. The van der Waals surface area contributed by atoms with Gasteiger partial charge >= 0.3 is 11.9 Å². The zero-order chi connectivity index (χ0) is 23.5. The Morgan fingerprint density at radius 1 is 0.939 bits per heavy atom. The van der Waals surface area contributed by atoms with Crippen molar-refractivity contribution in [3.63, 3.8) is 0 Å². The number of hydrogen-bond donors (Lipinski definition) is 1. The Kier molecular flexibility index (Phi) is 6.16. The summed E-state index contributed by atoms with van der Waals surface area (Å²) >= 11 is 0. The topological polar surface area (TPSA) is 88.5 Å². The van der Waals surface area contributed by atoms with E-state index in [2.05, 4.69) is 9.71 Å². The highest BCUT2D eigenvalue weighted by molar-refractivity contribution is 7.94. The zero-order valence-corrected chi connectivity index (χ0v) is 19.1. The molecule has 6 nitrogen and oxygen atoms in total. The summed E-state index contributed by atoms with van der Waals surface area (Å²) in [5.41, 5.74) is 1.36. The number of rotatable bonds is 7. The number of cyclic esters (lactones) is 1. The summed E-state index contributed by atoms with van der Waals surface area (Å²) in [6.45, 7) is 3.62. The molecule has 0 saturated carbocycles. The molecular formula is C26H24N2O4S. The first-order valence-corrected chi connectivity index (χ1v) is 11.9. The largest absolute Gasteiger partial charge is 0.579 e. The Balaban J connectivity index is 1.67. The van der Waals surface area contributed by atoms with Gasteiger partial charge in [0, 0.05) is 6.92 Å². The molecule has 168 valence electrons. The number of carbonyl (C=O) groups excluding carboxylic acids is 1. The third-order valence-electron chi connectivity index (χ3n) is 5.61. The van der Waals surface area contributed by atoms with Crippen LogP contribution in [0.4, 0.5) is 0 Å². The Hall–Kier alpha value is -3.71. The third-order valence-corrected chi connectivity index (χ3v) is 6.87. The molecule has 33 heavy (non-hydrogen) atoms. The van der Waals surface area contributed by atoms with Crippen molar-refractivity contribution >= 4 is 21.9 Å². The van der Waals surface area contributed by atoms with Crippen LogP contribution in [0.5, 0.6) is 0 Å². The van der Waals surface area contributed by atoms with Crippen LogP contribution in [-0.4, -0.2) is 25.8 Å². The zero-order valence-electron chi connectivity index (χ0n) is 18.3. The van der Waals surface area contributed by atoms with E-state index in [1.54, 1.807) is 25.1 Å². The molecule has 1 N–H and O–H groups in total. The van der Waals surface area contributed by atoms with Gasteiger partial charge in [-0.3, -0.25) is 0 Å². The average Bonchev–Trinajstić information content (AvgIpc) is 3.13. The van der Waals surface area contributed by atoms with Gasteiger partial charge in [-0.1, -0.05) is 72.3 Å². The number of hydrogen-bond acceptors (Lipinski definition) is 4. The highest BCUT2D eigenvalue weighted by atomic mass is 32.2. The molecule has 0 aliphatic carbocycles. The number of esters is 1. The van der Waals surface area contributed by atoms with Crippen LogP contribution in [0.1, 0.15) is 29.5 Å². The van der Waals surface area contributed by atoms with E-state index < -0.39 is 27.4 Å². The molecule has 2 unspecified atom stereocenters. The summed E-state index contributed by atoms with van der Waals surface area (Å²) in [7, 11) is -3.87. The van der Waals surface area contributed by atoms with Crippen LogP contribution in [0.15, 0.2) is 102 Å². The van der Waals surface area contributed by atoms with Gasteiger partial charge in [0.05, 0.1) is 16.4 Å². The molecule has 1 aliphatic heterocycles. The monoisotopic (exact) mass is 460 g/mol. The van der Waals surface area contributed by atoms with Crippen LogP contribution < -0.4 is 4.99 Å². The molecule has 0 spiro atoms. The predicted molar refractivity (Wildman–Crippen MR) is 126 cm³/mol. The lowest BCUT2D eigenvalue weighted by Gasteiger charge is -2.24. The fourth-order valence-corrected chi connectivity index (χ4v) is 4.54. The predicted octanol–water partition coefficient (Wildman–Crippen LogP) is 3.20. The molecule has 0 bridgehead atoms. The summed E-state index contributed by atoms with van der Waals surface area (Å²) in [5, 5.41) is 0. The second-order valence-corrected chi connectivity index (χ2v) is 9.67. The van der Waals surface area contributed by atoms with Gasteiger partial charge in [-0.25, -0.2) is 13.2 Å². The van der Waals surface area contributed by atoms with Crippen LogP contribution in [0.3, 0.4) is 0 Å². The Labute approximate surface area is 193 Å². The fraction of sp³-hybridized carbons (Fsp3) is 0.154. The highest BCUT2D eigenvalue weighted by Gasteiger charge is 2.54. The molecule has 4 rings (SSSR count). The molecule has 0 aromatic heterocycles. The number of sulfonamides is 1. The summed E-state index contributed by atoms with van der Waals surface area (Å²) in [6, 6.07) is 25.1. The minimum atomic E-state index is -3.87. The molecule has 1 heterocycles. The van der Waals surface area contributed by atoms with E-state index in [0.717, 1.165) is 16.7 Å². The van der Waals surface area contributed by atoms with Crippen molar-refractivity contribution in [2.75, 3.05) is 0 Å². The van der Waals surface area contributed by atoms with Gasteiger partial charge in [0.1, 0.15) is 10.0 Å². The smallest absolute Gasteiger partial charge is 0.388 e. The van der Waals surface area contributed by atoms with E-state index in [9.17, 15) is 13.2 Å². The molecular weight excluding hydrogens is 436 g/mol. The van der Waals surface area contributed by atoms with Crippen LogP contribution >= 0.6 is 0 Å². The van der Waals surface area contributed by atoms with Crippen molar-refractivity contribution in [2.24, 2.45) is 0 Å². The van der Waals surface area contributed by atoms with Gasteiger partial charge < -0.3 is 9.46 Å². The lowest BCUT2D eigenvalue weighted by Crippen LogP contribution is -2.86. The Morgan fingerprint density at radius 2 is 1.55 bits per heavy atom. The number of benzene rings is 3. The van der Waals surface area contributed by atoms with E-state index in [0.29, 0.717) is 5.90 Å². The molecule has 0 radical (unpaired) electrons. The fourth-order valence-electron chi connectivity index (χ4n) is 3.71. The standard InChI is InChI=1S/C26H23N2O4S/c1-19-13-15-22(16-14-19)33(30,31)27-18-17-23(20-9-5-3-6-10-20)26(2)25(29)32-24(28-26)21-11-7-4-8-12-21/h3-18,23H,1-2H3/q-1/p+1/b18-17-. The highest BCUT2D eigenvalue weighted by Crippen LogP contribution is 2.31. The lowest BCUT2D eigenvalue weighted by molar-refractivity contribution is -0.526. The number of carbonyl (C=O) groups is 1. The van der Waals surface area contributed by atoms with E-state index in [-0.39, 0.29) is 4.90 Å². The number of nitrogens with one attached hydrogen (secondary N) is 1. The maximum atomic E-state index is 13.0. The van der Waals surface area contributed by atoms with E-state index >= 15 is 0 Å². The number of nitrogens with zero attached hydrogens (tertiary/aromatic N) is 1. The van der Waals surface area contributed by atoms with Gasteiger partial charge in [0.2, 0.25) is 0 Å². The van der Waals surface area contributed by atoms with Crippen molar-refractivity contribution < 1.29 is 22.9 Å². The van der Waals surface area contributed by atoms with Gasteiger partial charge in [-0.15, -0.1) is 0 Å². The Morgan fingerprint density at radius 3 is 2.18 bits per heavy atom. The van der Waals surface area contributed by atoms with Gasteiger partial charge in [-0.05, 0) is 36.8 Å². The van der Waals surface area contributed by atoms with Crippen LogP contribution in [0.25, 0.3) is 4.72 Å². The van der Waals surface area contributed by atoms with E-state index in [4.69, 9.17) is 4.74 Å².